The lowest BCUT2D eigenvalue weighted by molar-refractivity contribution is -0.686. The van der Waals surface area contributed by atoms with Crippen molar-refractivity contribution in [2.45, 2.75) is 12.8 Å². The summed E-state index contributed by atoms with van der Waals surface area (Å²) in [4.78, 5) is 0. The van der Waals surface area contributed by atoms with Gasteiger partial charge in [-0.25, -0.2) is 0 Å². The largest absolute Gasteiger partial charge is 0.200 e. The van der Waals surface area contributed by atoms with E-state index in [1.54, 1.807) is 0 Å². The van der Waals surface area contributed by atoms with Crippen molar-refractivity contribution in [2.75, 3.05) is 11.6 Å². The molecule has 0 saturated carbocycles. The Bertz CT molecular complexity index is 266. The summed E-state index contributed by atoms with van der Waals surface area (Å²) in [6.45, 7) is 1.12. The van der Waals surface area contributed by atoms with Crippen LogP contribution >= 0.6 is 0 Å². The van der Waals surface area contributed by atoms with E-state index in [0.29, 0.717) is 0 Å². The fraction of sp³-hybridized carbons (Fsp3) is 0.300. The smallest absolute Gasteiger partial charge is 0.156 e. The first kappa shape index (κ1) is 7.35. The summed E-state index contributed by atoms with van der Waals surface area (Å²) in [7, 11) is 0. The molecule has 1 aromatic rings. The van der Waals surface area contributed by atoms with Gasteiger partial charge in [-0.2, -0.15) is 5.01 Å². The molecule has 2 nitrogen and oxygen atoms in total. The number of hydrogen-bond donors (Lipinski definition) is 0. The molecular formula is C10H13N2+. The minimum atomic E-state index is 1.12. The summed E-state index contributed by atoms with van der Waals surface area (Å²) in [5, 5.41) is 2.21. The quantitative estimate of drug-likeness (QED) is 0.562. The van der Waals surface area contributed by atoms with Crippen LogP contribution in [0.15, 0.2) is 42.9 Å². The van der Waals surface area contributed by atoms with Gasteiger partial charge in [-0.1, -0.05) is 16.8 Å². The van der Waals surface area contributed by atoms with Gasteiger partial charge in [-0.3, -0.25) is 0 Å². The van der Waals surface area contributed by atoms with E-state index in [4.69, 9.17) is 0 Å². The van der Waals surface area contributed by atoms with Crippen molar-refractivity contribution in [1.29, 1.82) is 0 Å². The van der Waals surface area contributed by atoms with Crippen LogP contribution in [0.2, 0.25) is 0 Å². The van der Waals surface area contributed by atoms with Crippen molar-refractivity contribution in [2.24, 2.45) is 0 Å². The molecule has 12 heavy (non-hydrogen) atoms. The molecule has 1 aromatic heterocycles. The van der Waals surface area contributed by atoms with Crippen LogP contribution in [0, 0.1) is 0 Å². The maximum absolute atomic E-state index is 2.21. The number of rotatable bonds is 1. The molecule has 0 fully saturated rings. The molecule has 1 aliphatic heterocycles. The number of pyridine rings is 1. The molecule has 0 spiro atoms. The van der Waals surface area contributed by atoms with Crippen LogP contribution in [-0.4, -0.2) is 6.54 Å². The first-order valence-corrected chi connectivity index (χ1v) is 4.37. The third-order valence-corrected chi connectivity index (χ3v) is 2.03. The maximum Gasteiger partial charge on any atom is 0.200 e. The van der Waals surface area contributed by atoms with Crippen molar-refractivity contribution in [3.05, 3.63) is 42.9 Å². The molecule has 2 heterocycles. The highest BCUT2D eigenvalue weighted by molar-refractivity contribution is 4.98. The molecule has 0 amide bonds. The fourth-order valence-corrected chi connectivity index (χ4v) is 1.40. The summed E-state index contributed by atoms with van der Waals surface area (Å²) in [6, 6.07) is 6.12. The van der Waals surface area contributed by atoms with Crippen LogP contribution in [0.3, 0.4) is 0 Å². The zero-order chi connectivity index (χ0) is 8.23. The highest BCUT2D eigenvalue weighted by Crippen LogP contribution is 1.99. The molecule has 0 bridgehead atoms. The monoisotopic (exact) mass is 161 g/mol. The van der Waals surface area contributed by atoms with E-state index >= 15 is 0 Å². The Morgan fingerprint density at radius 2 is 1.92 bits per heavy atom. The van der Waals surface area contributed by atoms with Gasteiger partial charge in [-0.15, -0.1) is 0 Å². The van der Waals surface area contributed by atoms with Gasteiger partial charge < -0.3 is 0 Å². The number of hydrogen-bond acceptors (Lipinski definition) is 1. The molecule has 0 N–H and O–H groups in total. The van der Waals surface area contributed by atoms with E-state index in [1.807, 2.05) is 18.2 Å². The standard InChI is InChI=1S/C10H13N2/c1-3-7-11(8-4-1)12-9-5-2-6-10-12/h1,3-5,7-9H,2,6,10H2/q+1. The van der Waals surface area contributed by atoms with Gasteiger partial charge >= 0.3 is 0 Å². The summed E-state index contributed by atoms with van der Waals surface area (Å²) in [6.07, 6.45) is 10.9. The van der Waals surface area contributed by atoms with E-state index in [-0.39, 0.29) is 0 Å². The van der Waals surface area contributed by atoms with E-state index < -0.39 is 0 Å². The highest BCUT2D eigenvalue weighted by Gasteiger charge is 2.10. The molecule has 0 unspecified atom stereocenters. The van der Waals surface area contributed by atoms with Gasteiger partial charge in [0, 0.05) is 12.1 Å². The molecule has 0 aliphatic carbocycles. The first-order valence-electron chi connectivity index (χ1n) is 4.37. The Morgan fingerprint density at radius 3 is 2.58 bits per heavy atom. The maximum atomic E-state index is 2.21. The summed E-state index contributed by atoms with van der Waals surface area (Å²) in [5.41, 5.74) is 0. The lowest BCUT2D eigenvalue weighted by Gasteiger charge is -2.15. The molecule has 1 aliphatic rings. The van der Waals surface area contributed by atoms with Crippen LogP contribution in [0.4, 0.5) is 0 Å². The average molecular weight is 161 g/mol. The van der Waals surface area contributed by atoms with Crippen LogP contribution in [0.5, 0.6) is 0 Å². The van der Waals surface area contributed by atoms with Gasteiger partial charge in [0.15, 0.2) is 12.4 Å². The van der Waals surface area contributed by atoms with Crippen molar-refractivity contribution in [3.63, 3.8) is 0 Å². The lowest BCUT2D eigenvalue weighted by atomic mass is 10.2. The second-order valence-corrected chi connectivity index (χ2v) is 2.95. The molecule has 0 radical (unpaired) electrons. The molecule has 0 atom stereocenters. The van der Waals surface area contributed by atoms with Crippen molar-refractivity contribution < 1.29 is 4.68 Å². The van der Waals surface area contributed by atoms with Gasteiger partial charge in [0.2, 0.25) is 0 Å². The summed E-state index contributed by atoms with van der Waals surface area (Å²) in [5.74, 6) is 0. The van der Waals surface area contributed by atoms with E-state index in [0.717, 1.165) is 6.54 Å². The first-order chi connectivity index (χ1) is 5.97. The predicted octanol–water partition coefficient (Wildman–Crippen LogP) is 1.22. The molecule has 2 rings (SSSR count). The topological polar surface area (TPSA) is 7.12 Å². The second kappa shape index (κ2) is 3.39. The fourth-order valence-electron chi connectivity index (χ4n) is 1.40. The summed E-state index contributed by atoms with van der Waals surface area (Å²) >= 11 is 0. The lowest BCUT2D eigenvalue weighted by Crippen LogP contribution is -2.54. The van der Waals surface area contributed by atoms with Crippen molar-refractivity contribution >= 4 is 0 Å². The zero-order valence-electron chi connectivity index (χ0n) is 7.06. The zero-order valence-corrected chi connectivity index (χ0v) is 7.06. The van der Waals surface area contributed by atoms with Crippen molar-refractivity contribution in [1.82, 2.24) is 0 Å². The number of allylic oxidation sites excluding steroid dienone is 1. The van der Waals surface area contributed by atoms with Crippen molar-refractivity contribution in [3.8, 4) is 0 Å². The average Bonchev–Trinajstić information content (AvgIpc) is 2.21. The SMILES string of the molecule is C1=CN([n+]2ccccc2)CCC1. The summed E-state index contributed by atoms with van der Waals surface area (Å²) < 4.78 is 2.11. The molecule has 62 valence electrons. The highest BCUT2D eigenvalue weighted by atomic mass is 15.5. The third-order valence-electron chi connectivity index (χ3n) is 2.03. The molecule has 0 saturated heterocycles. The predicted molar refractivity (Wildman–Crippen MR) is 48.1 cm³/mol. The van der Waals surface area contributed by atoms with Gasteiger partial charge in [-0.05, 0) is 12.8 Å². The van der Waals surface area contributed by atoms with Crippen LogP contribution in [-0.2, 0) is 0 Å². The van der Waals surface area contributed by atoms with Crippen LogP contribution < -0.4 is 9.69 Å². The molecule has 2 heteroatoms. The van der Waals surface area contributed by atoms with Gasteiger partial charge in [0.05, 0.1) is 12.7 Å². The Balaban J connectivity index is 2.19. The van der Waals surface area contributed by atoms with Crippen LogP contribution in [0.1, 0.15) is 12.8 Å². The Labute approximate surface area is 72.7 Å². The normalized spacial score (nSPS) is 16.5. The van der Waals surface area contributed by atoms with Gasteiger partial charge in [0.25, 0.3) is 0 Å². The third kappa shape index (κ3) is 1.47. The Morgan fingerprint density at radius 1 is 1.08 bits per heavy atom. The molecule has 0 aromatic carbocycles. The Hall–Kier alpha value is -1.31. The Kier molecular flexibility index (Phi) is 2.08. The minimum absolute atomic E-state index is 1.12. The van der Waals surface area contributed by atoms with Gasteiger partial charge in [0.1, 0.15) is 0 Å². The number of aromatic nitrogens is 1. The minimum Gasteiger partial charge on any atom is -0.156 e. The van der Waals surface area contributed by atoms with E-state index in [1.165, 1.54) is 12.8 Å². The van der Waals surface area contributed by atoms with E-state index in [9.17, 15) is 0 Å². The van der Waals surface area contributed by atoms with E-state index in [2.05, 4.69) is 34.4 Å². The molecular weight excluding hydrogens is 148 g/mol. The van der Waals surface area contributed by atoms with Crippen LogP contribution in [0.25, 0.3) is 0 Å². The second-order valence-electron chi connectivity index (χ2n) is 2.95. The number of nitrogens with zero attached hydrogens (tertiary/aromatic N) is 2.